The van der Waals surface area contributed by atoms with Crippen molar-refractivity contribution in [2.45, 2.75) is 20.3 Å². The normalized spacial score (nSPS) is 15.5. The van der Waals surface area contributed by atoms with Crippen LogP contribution in [0.15, 0.2) is 65.0 Å². The monoisotopic (exact) mass is 490 g/mol. The van der Waals surface area contributed by atoms with Crippen LogP contribution >= 0.6 is 11.8 Å². The Morgan fingerprint density at radius 2 is 1.97 bits per heavy atom. The van der Waals surface area contributed by atoms with Crippen molar-refractivity contribution in [3.8, 4) is 23.8 Å². The second kappa shape index (κ2) is 13.4. The molecule has 1 fully saturated rings. The molecule has 0 unspecified atom stereocenters. The minimum absolute atomic E-state index is 0.111. The zero-order chi connectivity index (χ0) is 25.0. The molecule has 7 heteroatoms. The Morgan fingerprint density at radius 1 is 1.17 bits per heavy atom. The fourth-order valence-corrected chi connectivity index (χ4v) is 4.49. The third-order valence-electron chi connectivity index (χ3n) is 4.95. The van der Waals surface area contributed by atoms with E-state index in [1.165, 1.54) is 11.8 Å². The molecule has 6 nitrogen and oxygen atoms in total. The van der Waals surface area contributed by atoms with Crippen LogP contribution in [0.3, 0.4) is 0 Å². The highest BCUT2D eigenvalue weighted by Gasteiger charge is 2.33. The summed E-state index contributed by atoms with van der Waals surface area (Å²) in [5, 5.41) is 0.623. The Morgan fingerprint density at radius 3 is 2.66 bits per heavy atom. The van der Waals surface area contributed by atoms with Crippen molar-refractivity contribution in [3.63, 3.8) is 0 Å². The van der Waals surface area contributed by atoms with Gasteiger partial charge in [-0.25, -0.2) is 4.99 Å². The highest BCUT2D eigenvalue weighted by molar-refractivity contribution is 8.18. The number of carbonyl (C=O) groups excluding carboxylic acids is 1. The van der Waals surface area contributed by atoms with Gasteiger partial charge in [-0.15, -0.1) is 13.0 Å². The average molecular weight is 491 g/mol. The Hall–Kier alpha value is -3.47. The number of para-hydroxylation sites is 1. The molecule has 0 aliphatic carbocycles. The summed E-state index contributed by atoms with van der Waals surface area (Å²) in [7, 11) is 0. The van der Waals surface area contributed by atoms with Gasteiger partial charge in [0.1, 0.15) is 6.61 Å². The Bertz CT molecular complexity index is 1140. The number of hydrogen-bond donors (Lipinski definition) is 0. The van der Waals surface area contributed by atoms with Gasteiger partial charge in [0.05, 0.1) is 30.4 Å². The summed E-state index contributed by atoms with van der Waals surface area (Å²) in [6, 6.07) is 13.4. The number of allylic oxidation sites excluding steroid dienone is 1. The molecule has 3 rings (SSSR count). The van der Waals surface area contributed by atoms with E-state index in [9.17, 15) is 4.79 Å². The molecule has 1 aliphatic heterocycles. The molecular weight excluding hydrogens is 460 g/mol. The lowest BCUT2D eigenvalue weighted by molar-refractivity contribution is -0.122. The molecule has 0 bridgehead atoms. The molecule has 1 saturated heterocycles. The number of nitrogens with zero attached hydrogens (tertiary/aromatic N) is 2. The van der Waals surface area contributed by atoms with E-state index < -0.39 is 0 Å². The second-order valence-electron chi connectivity index (χ2n) is 7.42. The van der Waals surface area contributed by atoms with Crippen LogP contribution in [0.2, 0.25) is 0 Å². The standard InChI is InChI=1S/C28H30N2O4S/c1-5-12-22-18-21(19-24(33-8-4)26(22)34-16-6-2)20-25-27(31)30(15-17-32-7-3)28(35-25)29-23-13-10-9-11-14-23/h2,5,9-11,13-14,18-20H,1,7-8,12,15-17H2,3-4H3/b25-20-,29-28?. The van der Waals surface area contributed by atoms with Crippen LogP contribution in [0.5, 0.6) is 11.5 Å². The van der Waals surface area contributed by atoms with Gasteiger partial charge in [0, 0.05) is 12.2 Å². The van der Waals surface area contributed by atoms with Gasteiger partial charge in [0.15, 0.2) is 16.7 Å². The number of ether oxygens (including phenoxy) is 3. The molecule has 0 spiro atoms. The van der Waals surface area contributed by atoms with Crippen LogP contribution in [-0.2, 0) is 16.0 Å². The average Bonchev–Trinajstić information content (AvgIpc) is 3.13. The van der Waals surface area contributed by atoms with Crippen molar-refractivity contribution in [1.29, 1.82) is 0 Å². The molecular formula is C28H30N2O4S. The summed E-state index contributed by atoms with van der Waals surface area (Å²) in [6.45, 7) is 9.72. The van der Waals surface area contributed by atoms with Crippen LogP contribution in [0.25, 0.3) is 6.08 Å². The first-order valence-corrected chi connectivity index (χ1v) is 12.3. The van der Waals surface area contributed by atoms with E-state index in [1.807, 2.05) is 62.4 Å². The van der Waals surface area contributed by atoms with Gasteiger partial charge in [-0.05, 0) is 67.9 Å². The molecule has 2 aromatic carbocycles. The molecule has 182 valence electrons. The molecule has 0 radical (unpaired) electrons. The number of thioether (sulfide) groups is 1. The number of amidine groups is 1. The van der Waals surface area contributed by atoms with E-state index in [0.717, 1.165) is 16.8 Å². The van der Waals surface area contributed by atoms with Crippen LogP contribution in [-0.4, -0.2) is 48.9 Å². The van der Waals surface area contributed by atoms with Crippen molar-refractivity contribution in [3.05, 3.63) is 71.2 Å². The number of amides is 1. The van der Waals surface area contributed by atoms with Crippen molar-refractivity contribution in [2.24, 2.45) is 4.99 Å². The molecule has 0 atom stereocenters. The van der Waals surface area contributed by atoms with E-state index in [-0.39, 0.29) is 12.5 Å². The number of aliphatic imine (C=N–C) groups is 1. The van der Waals surface area contributed by atoms with Crippen molar-refractivity contribution < 1.29 is 19.0 Å². The Kier molecular flexibility index (Phi) is 10.0. The largest absolute Gasteiger partial charge is 0.490 e. The van der Waals surface area contributed by atoms with Gasteiger partial charge < -0.3 is 14.2 Å². The summed E-state index contributed by atoms with van der Waals surface area (Å²) in [5.41, 5.74) is 2.49. The highest BCUT2D eigenvalue weighted by Crippen LogP contribution is 2.38. The minimum atomic E-state index is -0.111. The Labute approximate surface area is 211 Å². The van der Waals surface area contributed by atoms with E-state index in [4.69, 9.17) is 25.6 Å². The molecule has 0 aromatic heterocycles. The number of benzene rings is 2. The van der Waals surface area contributed by atoms with Crippen LogP contribution in [0, 0.1) is 12.3 Å². The third kappa shape index (κ3) is 7.01. The fourth-order valence-electron chi connectivity index (χ4n) is 3.47. The number of rotatable bonds is 12. The maximum absolute atomic E-state index is 13.3. The lowest BCUT2D eigenvalue weighted by atomic mass is 10.0. The maximum Gasteiger partial charge on any atom is 0.266 e. The van der Waals surface area contributed by atoms with Crippen molar-refractivity contribution in [2.75, 3.05) is 33.0 Å². The molecule has 35 heavy (non-hydrogen) atoms. The molecule has 0 saturated carbocycles. The quantitative estimate of drug-likeness (QED) is 0.171. The fraction of sp³-hybridized carbons (Fsp3) is 0.286. The van der Waals surface area contributed by atoms with Crippen LogP contribution < -0.4 is 9.47 Å². The zero-order valence-corrected chi connectivity index (χ0v) is 21.0. The summed E-state index contributed by atoms with van der Waals surface area (Å²) < 4.78 is 17.1. The van der Waals surface area contributed by atoms with Gasteiger partial charge in [-0.1, -0.05) is 30.2 Å². The SMILES string of the molecule is C#CCOc1c(CC=C)cc(/C=C2\SC(=Nc3ccccc3)N(CCOCC)C2=O)cc1OCC. The lowest BCUT2D eigenvalue weighted by Crippen LogP contribution is -2.32. The van der Waals surface area contributed by atoms with Crippen LogP contribution in [0.1, 0.15) is 25.0 Å². The van der Waals surface area contributed by atoms with Gasteiger partial charge in [0.2, 0.25) is 0 Å². The number of hydrogen-bond acceptors (Lipinski definition) is 6. The zero-order valence-electron chi connectivity index (χ0n) is 20.2. The topological polar surface area (TPSA) is 60.4 Å². The highest BCUT2D eigenvalue weighted by atomic mass is 32.2. The predicted molar refractivity (Wildman–Crippen MR) is 143 cm³/mol. The van der Waals surface area contributed by atoms with Gasteiger partial charge in [-0.3, -0.25) is 9.69 Å². The van der Waals surface area contributed by atoms with E-state index in [1.54, 1.807) is 11.0 Å². The van der Waals surface area contributed by atoms with E-state index in [0.29, 0.717) is 54.4 Å². The second-order valence-corrected chi connectivity index (χ2v) is 8.43. The van der Waals surface area contributed by atoms with Gasteiger partial charge >= 0.3 is 0 Å². The van der Waals surface area contributed by atoms with Gasteiger partial charge in [0.25, 0.3) is 5.91 Å². The van der Waals surface area contributed by atoms with Crippen molar-refractivity contribution in [1.82, 2.24) is 4.90 Å². The molecule has 1 amide bonds. The summed E-state index contributed by atoms with van der Waals surface area (Å²) in [4.78, 5) is 20.3. The summed E-state index contributed by atoms with van der Waals surface area (Å²) >= 11 is 1.34. The first-order chi connectivity index (χ1) is 17.1. The van der Waals surface area contributed by atoms with Crippen LogP contribution in [0.4, 0.5) is 5.69 Å². The minimum Gasteiger partial charge on any atom is -0.490 e. The van der Waals surface area contributed by atoms with E-state index in [2.05, 4.69) is 12.5 Å². The molecule has 1 heterocycles. The third-order valence-corrected chi connectivity index (χ3v) is 5.95. The molecule has 2 aromatic rings. The lowest BCUT2D eigenvalue weighted by Gasteiger charge is -2.16. The first kappa shape index (κ1) is 26.1. The number of terminal acetylenes is 1. The van der Waals surface area contributed by atoms with Crippen molar-refractivity contribution >= 4 is 34.6 Å². The molecule has 0 N–H and O–H groups in total. The van der Waals surface area contributed by atoms with Gasteiger partial charge in [-0.2, -0.15) is 0 Å². The smallest absolute Gasteiger partial charge is 0.266 e. The Balaban J connectivity index is 2.00. The summed E-state index contributed by atoms with van der Waals surface area (Å²) in [5.74, 6) is 3.56. The first-order valence-electron chi connectivity index (χ1n) is 11.5. The number of carbonyl (C=O) groups is 1. The predicted octanol–water partition coefficient (Wildman–Crippen LogP) is 5.47. The molecule has 1 aliphatic rings. The van der Waals surface area contributed by atoms with E-state index >= 15 is 0 Å². The maximum atomic E-state index is 13.3. The summed E-state index contributed by atoms with van der Waals surface area (Å²) in [6.07, 6.45) is 9.61.